The lowest BCUT2D eigenvalue weighted by molar-refractivity contribution is 0.0933. The molecule has 120 valence electrons. The van der Waals surface area contributed by atoms with Gasteiger partial charge in [-0.25, -0.2) is 4.98 Å². The van der Waals surface area contributed by atoms with E-state index in [0.717, 1.165) is 24.3 Å². The SMILES string of the molecule is CN(c1ccccc1)c1ccc(C(=O)NC(CN)C2CC2)cn1. The van der Waals surface area contributed by atoms with Gasteiger partial charge in [0.25, 0.3) is 5.91 Å². The minimum absolute atomic E-state index is 0.0779. The van der Waals surface area contributed by atoms with E-state index >= 15 is 0 Å². The summed E-state index contributed by atoms with van der Waals surface area (Å²) in [5.74, 6) is 1.24. The molecule has 0 bridgehead atoms. The molecular weight excluding hydrogens is 288 g/mol. The summed E-state index contributed by atoms with van der Waals surface area (Å²) in [5.41, 5.74) is 7.35. The van der Waals surface area contributed by atoms with Crippen molar-refractivity contribution in [2.24, 2.45) is 11.7 Å². The molecule has 1 unspecified atom stereocenters. The Labute approximate surface area is 136 Å². The average Bonchev–Trinajstić information content (AvgIpc) is 3.44. The summed E-state index contributed by atoms with van der Waals surface area (Å²) in [4.78, 5) is 18.7. The van der Waals surface area contributed by atoms with Gasteiger partial charge < -0.3 is 16.0 Å². The van der Waals surface area contributed by atoms with E-state index in [-0.39, 0.29) is 11.9 Å². The zero-order valence-corrected chi connectivity index (χ0v) is 13.3. The lowest BCUT2D eigenvalue weighted by Gasteiger charge is -2.19. The minimum Gasteiger partial charge on any atom is -0.348 e. The first kappa shape index (κ1) is 15.5. The van der Waals surface area contributed by atoms with E-state index in [0.29, 0.717) is 18.0 Å². The first-order valence-corrected chi connectivity index (χ1v) is 7.95. The number of nitrogens with one attached hydrogen (secondary N) is 1. The van der Waals surface area contributed by atoms with Gasteiger partial charge in [0.15, 0.2) is 0 Å². The van der Waals surface area contributed by atoms with E-state index in [2.05, 4.69) is 10.3 Å². The van der Waals surface area contributed by atoms with Crippen molar-refractivity contribution in [2.45, 2.75) is 18.9 Å². The van der Waals surface area contributed by atoms with Gasteiger partial charge in [-0.3, -0.25) is 4.79 Å². The van der Waals surface area contributed by atoms with E-state index in [1.165, 1.54) is 0 Å². The number of para-hydroxylation sites is 1. The Kier molecular flexibility index (Phi) is 4.57. The van der Waals surface area contributed by atoms with Crippen molar-refractivity contribution in [1.29, 1.82) is 0 Å². The maximum atomic E-state index is 12.3. The molecule has 1 atom stereocenters. The fourth-order valence-electron chi connectivity index (χ4n) is 2.62. The second-order valence-electron chi connectivity index (χ2n) is 5.95. The number of carbonyl (C=O) groups excluding carboxylic acids is 1. The van der Waals surface area contributed by atoms with Crippen LogP contribution >= 0.6 is 0 Å². The monoisotopic (exact) mass is 310 g/mol. The zero-order valence-electron chi connectivity index (χ0n) is 13.3. The second-order valence-corrected chi connectivity index (χ2v) is 5.95. The summed E-state index contributed by atoms with van der Waals surface area (Å²) in [6.45, 7) is 0.485. The Morgan fingerprint density at radius 3 is 2.61 bits per heavy atom. The van der Waals surface area contributed by atoms with E-state index < -0.39 is 0 Å². The average molecular weight is 310 g/mol. The van der Waals surface area contributed by atoms with Crippen molar-refractivity contribution < 1.29 is 4.79 Å². The third kappa shape index (κ3) is 3.68. The summed E-state index contributed by atoms with van der Waals surface area (Å²) in [6, 6.07) is 13.7. The summed E-state index contributed by atoms with van der Waals surface area (Å²) in [5, 5.41) is 3.01. The molecule has 0 aliphatic heterocycles. The highest BCUT2D eigenvalue weighted by Gasteiger charge is 2.31. The molecule has 23 heavy (non-hydrogen) atoms. The van der Waals surface area contributed by atoms with Gasteiger partial charge in [0.05, 0.1) is 5.56 Å². The molecule has 1 heterocycles. The number of pyridine rings is 1. The van der Waals surface area contributed by atoms with Crippen LogP contribution in [0.25, 0.3) is 0 Å². The smallest absolute Gasteiger partial charge is 0.253 e. The van der Waals surface area contributed by atoms with Crippen LogP contribution in [0.5, 0.6) is 0 Å². The standard InChI is InChI=1S/C18H22N4O/c1-22(15-5-3-2-4-6-15)17-10-9-14(12-20-17)18(23)21-16(11-19)13-7-8-13/h2-6,9-10,12-13,16H,7-8,11,19H2,1H3,(H,21,23). The normalized spacial score (nSPS) is 15.0. The number of aromatic nitrogens is 1. The highest BCUT2D eigenvalue weighted by molar-refractivity contribution is 5.94. The van der Waals surface area contributed by atoms with Crippen molar-refractivity contribution in [1.82, 2.24) is 10.3 Å². The van der Waals surface area contributed by atoms with Gasteiger partial charge >= 0.3 is 0 Å². The second kappa shape index (κ2) is 6.79. The third-order valence-electron chi connectivity index (χ3n) is 4.26. The summed E-state index contributed by atoms with van der Waals surface area (Å²) < 4.78 is 0. The minimum atomic E-state index is -0.103. The van der Waals surface area contributed by atoms with Crippen molar-refractivity contribution in [3.8, 4) is 0 Å². The molecule has 1 aromatic carbocycles. The highest BCUT2D eigenvalue weighted by atomic mass is 16.1. The van der Waals surface area contributed by atoms with Gasteiger partial charge in [0, 0.05) is 31.5 Å². The molecule has 2 aromatic rings. The van der Waals surface area contributed by atoms with Crippen LogP contribution in [-0.2, 0) is 0 Å². The molecule has 1 saturated carbocycles. The van der Waals surface area contributed by atoms with Crippen LogP contribution in [0, 0.1) is 5.92 Å². The Hall–Kier alpha value is -2.40. The van der Waals surface area contributed by atoms with Gasteiger partial charge in [0.2, 0.25) is 0 Å². The molecule has 5 heteroatoms. The lowest BCUT2D eigenvalue weighted by Crippen LogP contribution is -2.41. The number of nitrogens with two attached hydrogens (primary N) is 1. The molecule has 1 aliphatic rings. The van der Waals surface area contributed by atoms with Crippen molar-refractivity contribution in [3.05, 3.63) is 54.2 Å². The Morgan fingerprint density at radius 2 is 2.04 bits per heavy atom. The predicted octanol–water partition coefficient (Wildman–Crippen LogP) is 2.32. The number of benzene rings is 1. The number of rotatable bonds is 6. The first-order valence-electron chi connectivity index (χ1n) is 7.95. The van der Waals surface area contributed by atoms with Gasteiger partial charge in [-0.05, 0) is 43.0 Å². The Balaban J connectivity index is 1.68. The van der Waals surface area contributed by atoms with E-state index in [4.69, 9.17) is 5.73 Å². The molecule has 5 nitrogen and oxygen atoms in total. The highest BCUT2D eigenvalue weighted by Crippen LogP contribution is 2.32. The molecule has 1 fully saturated rings. The van der Waals surface area contributed by atoms with Crippen LogP contribution in [0.15, 0.2) is 48.7 Å². The van der Waals surface area contributed by atoms with E-state index in [1.807, 2.05) is 48.3 Å². The van der Waals surface area contributed by atoms with Gasteiger partial charge in [0.1, 0.15) is 5.82 Å². The fraction of sp³-hybridized carbons (Fsp3) is 0.333. The molecule has 0 radical (unpaired) electrons. The molecule has 0 spiro atoms. The summed E-state index contributed by atoms with van der Waals surface area (Å²) >= 11 is 0. The third-order valence-corrected chi connectivity index (χ3v) is 4.26. The van der Waals surface area contributed by atoms with Gasteiger partial charge in [-0.1, -0.05) is 18.2 Å². The van der Waals surface area contributed by atoms with Crippen molar-refractivity contribution in [2.75, 3.05) is 18.5 Å². The Bertz CT molecular complexity index is 652. The van der Waals surface area contributed by atoms with E-state index in [9.17, 15) is 4.79 Å². The molecule has 1 aromatic heterocycles. The predicted molar refractivity (Wildman–Crippen MR) is 91.8 cm³/mol. The molecule has 0 saturated heterocycles. The van der Waals surface area contributed by atoms with Crippen LogP contribution in [0.1, 0.15) is 23.2 Å². The van der Waals surface area contributed by atoms with Crippen LogP contribution in [-0.4, -0.2) is 30.5 Å². The number of hydrogen-bond donors (Lipinski definition) is 2. The van der Waals surface area contributed by atoms with Gasteiger partial charge in [-0.15, -0.1) is 0 Å². The molecule has 3 rings (SSSR count). The Morgan fingerprint density at radius 1 is 1.30 bits per heavy atom. The first-order chi connectivity index (χ1) is 11.2. The maximum absolute atomic E-state index is 12.3. The molecule has 1 amide bonds. The van der Waals surface area contributed by atoms with Crippen molar-refractivity contribution >= 4 is 17.4 Å². The number of anilines is 2. The largest absolute Gasteiger partial charge is 0.348 e. The van der Waals surface area contributed by atoms with Crippen LogP contribution in [0.2, 0.25) is 0 Å². The van der Waals surface area contributed by atoms with Crippen LogP contribution < -0.4 is 16.0 Å². The zero-order chi connectivity index (χ0) is 16.2. The summed E-state index contributed by atoms with van der Waals surface area (Å²) in [6.07, 6.45) is 3.92. The summed E-state index contributed by atoms with van der Waals surface area (Å²) in [7, 11) is 1.95. The van der Waals surface area contributed by atoms with E-state index in [1.54, 1.807) is 12.3 Å². The molecule has 1 aliphatic carbocycles. The van der Waals surface area contributed by atoms with Crippen LogP contribution in [0.4, 0.5) is 11.5 Å². The van der Waals surface area contributed by atoms with Crippen LogP contribution in [0.3, 0.4) is 0 Å². The molecule has 3 N–H and O–H groups in total. The number of nitrogens with zero attached hydrogens (tertiary/aromatic N) is 2. The molecular formula is C18H22N4O. The number of hydrogen-bond acceptors (Lipinski definition) is 4. The fourth-order valence-corrected chi connectivity index (χ4v) is 2.62. The lowest BCUT2D eigenvalue weighted by atomic mass is 10.1. The van der Waals surface area contributed by atoms with Gasteiger partial charge in [-0.2, -0.15) is 0 Å². The number of carbonyl (C=O) groups is 1. The van der Waals surface area contributed by atoms with Crippen molar-refractivity contribution in [3.63, 3.8) is 0 Å². The maximum Gasteiger partial charge on any atom is 0.253 e. The number of amides is 1. The topological polar surface area (TPSA) is 71.2 Å². The quantitative estimate of drug-likeness (QED) is 0.859.